The summed E-state index contributed by atoms with van der Waals surface area (Å²) in [5, 5.41) is 0.845. The minimum absolute atomic E-state index is 0.00835. The average Bonchev–Trinajstić information content (AvgIpc) is 2.93. The van der Waals surface area contributed by atoms with Gasteiger partial charge in [-0.2, -0.15) is 0 Å². The quantitative estimate of drug-likeness (QED) is 0.612. The molecule has 0 aliphatic heterocycles. The van der Waals surface area contributed by atoms with Crippen molar-refractivity contribution in [2.24, 2.45) is 5.41 Å². The van der Waals surface area contributed by atoms with Crippen LogP contribution in [0.4, 0.5) is 5.69 Å². The van der Waals surface area contributed by atoms with Crippen LogP contribution in [0.1, 0.15) is 36.9 Å². The van der Waals surface area contributed by atoms with Crippen LogP contribution in [0, 0.1) is 5.41 Å². The average molecular weight is 347 g/mol. The molecule has 0 atom stereocenters. The van der Waals surface area contributed by atoms with Gasteiger partial charge in [-0.3, -0.25) is 4.79 Å². The number of methoxy groups -OCH3 is 1. The Labute approximate surface area is 145 Å². The van der Waals surface area contributed by atoms with Crippen LogP contribution in [0.2, 0.25) is 0 Å². The summed E-state index contributed by atoms with van der Waals surface area (Å²) in [5.74, 6) is -0.483. The fraction of sp³-hybridized carbons (Fsp3) is 0.389. The van der Waals surface area contributed by atoms with E-state index >= 15 is 0 Å². The molecule has 6 heteroatoms. The Morgan fingerprint density at radius 2 is 1.96 bits per heavy atom. The fourth-order valence-electron chi connectivity index (χ4n) is 2.37. The highest BCUT2D eigenvalue weighted by Gasteiger charge is 2.22. The number of thiophene rings is 1. The Bertz CT molecular complexity index is 773. The number of nitrogens with zero attached hydrogens (tertiary/aromatic N) is 1. The summed E-state index contributed by atoms with van der Waals surface area (Å²) in [4.78, 5) is 37.2. The molecule has 1 heterocycles. The van der Waals surface area contributed by atoms with E-state index in [0.29, 0.717) is 17.0 Å². The Morgan fingerprint density at radius 1 is 1.25 bits per heavy atom. The molecule has 2 rings (SSSR count). The van der Waals surface area contributed by atoms with Crippen LogP contribution in [-0.2, 0) is 14.3 Å². The number of rotatable bonds is 5. The maximum absolute atomic E-state index is 12.5. The third kappa shape index (κ3) is 4.20. The van der Waals surface area contributed by atoms with Gasteiger partial charge in [-0.15, -0.1) is 11.3 Å². The number of aldehydes is 1. The van der Waals surface area contributed by atoms with Gasteiger partial charge in [0.1, 0.15) is 11.2 Å². The second-order valence-electron chi connectivity index (χ2n) is 6.73. The Hall–Kier alpha value is -2.21. The number of carbonyl (C=O) groups is 3. The van der Waals surface area contributed by atoms with E-state index in [4.69, 9.17) is 4.74 Å². The molecule has 128 valence electrons. The lowest BCUT2D eigenvalue weighted by Crippen LogP contribution is -2.35. The highest BCUT2D eigenvalue weighted by Crippen LogP contribution is 2.31. The van der Waals surface area contributed by atoms with E-state index in [1.807, 2.05) is 32.9 Å². The first-order valence-electron chi connectivity index (χ1n) is 7.61. The summed E-state index contributed by atoms with van der Waals surface area (Å²) in [5.41, 5.74) is 0.487. The molecule has 1 aromatic heterocycles. The minimum Gasteiger partial charge on any atom is -0.465 e. The number of benzene rings is 1. The van der Waals surface area contributed by atoms with Gasteiger partial charge in [0.05, 0.1) is 13.7 Å². The predicted molar refractivity (Wildman–Crippen MR) is 95.7 cm³/mol. The third-order valence-corrected chi connectivity index (χ3v) is 4.53. The maximum atomic E-state index is 12.5. The van der Waals surface area contributed by atoms with Crippen molar-refractivity contribution in [1.29, 1.82) is 0 Å². The number of amides is 1. The largest absolute Gasteiger partial charge is 0.465 e. The molecule has 0 radical (unpaired) electrons. The molecule has 1 amide bonds. The molecule has 1 aromatic carbocycles. The van der Waals surface area contributed by atoms with Crippen LogP contribution < -0.4 is 4.90 Å². The van der Waals surface area contributed by atoms with Crippen LogP contribution in [0.3, 0.4) is 0 Å². The first kappa shape index (κ1) is 18.1. The van der Waals surface area contributed by atoms with Crippen LogP contribution in [0.15, 0.2) is 24.3 Å². The molecule has 0 bridgehead atoms. The van der Waals surface area contributed by atoms with Crippen molar-refractivity contribution in [3.05, 3.63) is 29.1 Å². The van der Waals surface area contributed by atoms with Crippen molar-refractivity contribution >= 4 is 45.3 Å². The molecule has 0 saturated heterocycles. The van der Waals surface area contributed by atoms with Gasteiger partial charge in [0.25, 0.3) is 0 Å². The molecule has 2 aromatic rings. The lowest BCUT2D eigenvalue weighted by molar-refractivity contribution is -0.121. The zero-order chi connectivity index (χ0) is 17.9. The third-order valence-electron chi connectivity index (χ3n) is 3.44. The number of esters is 1. The van der Waals surface area contributed by atoms with Crippen molar-refractivity contribution in [3.8, 4) is 0 Å². The zero-order valence-corrected chi connectivity index (χ0v) is 15.1. The van der Waals surface area contributed by atoms with Gasteiger partial charge >= 0.3 is 5.97 Å². The first-order chi connectivity index (χ1) is 11.2. The highest BCUT2D eigenvalue weighted by atomic mass is 32.1. The Morgan fingerprint density at radius 3 is 2.54 bits per heavy atom. The lowest BCUT2D eigenvalue weighted by Gasteiger charge is -2.25. The van der Waals surface area contributed by atoms with E-state index in [2.05, 4.69) is 0 Å². The summed E-state index contributed by atoms with van der Waals surface area (Å²) in [6.07, 6.45) is 1.06. The van der Waals surface area contributed by atoms with Gasteiger partial charge < -0.3 is 14.4 Å². The van der Waals surface area contributed by atoms with Crippen molar-refractivity contribution in [3.63, 3.8) is 0 Å². The van der Waals surface area contributed by atoms with Crippen molar-refractivity contribution in [2.45, 2.75) is 27.2 Å². The molecule has 0 N–H and O–H groups in total. The minimum atomic E-state index is -0.383. The van der Waals surface area contributed by atoms with Gasteiger partial charge in [-0.25, -0.2) is 4.79 Å². The summed E-state index contributed by atoms with van der Waals surface area (Å²) >= 11 is 1.33. The van der Waals surface area contributed by atoms with Gasteiger partial charge in [0, 0.05) is 16.8 Å². The summed E-state index contributed by atoms with van der Waals surface area (Å²) in [6, 6.07) is 7.21. The highest BCUT2D eigenvalue weighted by molar-refractivity contribution is 7.20. The van der Waals surface area contributed by atoms with Crippen LogP contribution in [-0.4, -0.2) is 31.8 Å². The van der Waals surface area contributed by atoms with E-state index in [0.717, 1.165) is 16.4 Å². The monoisotopic (exact) mass is 347 g/mol. The zero-order valence-electron chi connectivity index (χ0n) is 14.3. The molecular weight excluding hydrogens is 326 g/mol. The number of ether oxygens (including phenoxy) is 1. The smallest absolute Gasteiger partial charge is 0.348 e. The molecule has 0 spiro atoms. The number of hydrogen-bond donors (Lipinski definition) is 0. The first-order valence-corrected chi connectivity index (χ1v) is 8.43. The van der Waals surface area contributed by atoms with Crippen molar-refractivity contribution in [2.75, 3.05) is 18.6 Å². The molecule has 0 fully saturated rings. The van der Waals surface area contributed by atoms with Gasteiger partial charge in [0.15, 0.2) is 0 Å². The summed E-state index contributed by atoms with van der Waals surface area (Å²) < 4.78 is 5.66. The van der Waals surface area contributed by atoms with E-state index < -0.39 is 0 Å². The van der Waals surface area contributed by atoms with Gasteiger partial charge in [-0.1, -0.05) is 20.8 Å². The number of anilines is 1. The summed E-state index contributed by atoms with van der Waals surface area (Å²) in [6.45, 7) is 5.95. The molecule has 0 aliphatic carbocycles. The van der Waals surface area contributed by atoms with Crippen molar-refractivity contribution < 1.29 is 19.1 Å². The van der Waals surface area contributed by atoms with E-state index in [-0.39, 0.29) is 23.8 Å². The second-order valence-corrected chi connectivity index (χ2v) is 7.82. The molecule has 0 unspecified atom stereocenters. The van der Waals surface area contributed by atoms with E-state index in [9.17, 15) is 14.4 Å². The number of fused-ring (bicyclic) bond motifs is 1. The standard InChI is InChI=1S/C18H21NO4S/c1-18(2,3)11-16(21)19(7-8-20)13-5-6-14-12(9-13)10-15(24-14)17(22)23-4/h5-6,8-10H,7,11H2,1-4H3. The summed E-state index contributed by atoms with van der Waals surface area (Å²) in [7, 11) is 1.34. The Kier molecular flexibility index (Phi) is 5.39. The Balaban J connectivity index is 2.37. The van der Waals surface area contributed by atoms with Gasteiger partial charge in [-0.05, 0) is 35.1 Å². The molecule has 5 nitrogen and oxygen atoms in total. The number of carbonyl (C=O) groups excluding carboxylic acids is 3. The van der Waals surface area contributed by atoms with Gasteiger partial charge in [0.2, 0.25) is 5.91 Å². The van der Waals surface area contributed by atoms with Crippen molar-refractivity contribution in [1.82, 2.24) is 0 Å². The van der Waals surface area contributed by atoms with E-state index in [1.54, 1.807) is 12.1 Å². The SMILES string of the molecule is COC(=O)c1cc2cc(N(CC=O)C(=O)CC(C)(C)C)ccc2s1. The molecule has 0 aliphatic rings. The normalized spacial score (nSPS) is 11.3. The molecule has 0 saturated carbocycles. The number of hydrogen-bond acceptors (Lipinski definition) is 5. The predicted octanol–water partition coefficient (Wildman–Crippen LogP) is 3.66. The topological polar surface area (TPSA) is 63.7 Å². The van der Waals surface area contributed by atoms with Crippen LogP contribution in [0.25, 0.3) is 10.1 Å². The van der Waals surface area contributed by atoms with E-state index in [1.165, 1.54) is 23.3 Å². The van der Waals surface area contributed by atoms with Crippen LogP contribution in [0.5, 0.6) is 0 Å². The second kappa shape index (κ2) is 7.13. The van der Waals surface area contributed by atoms with Crippen LogP contribution >= 0.6 is 11.3 Å². The fourth-order valence-corrected chi connectivity index (χ4v) is 3.34. The molecular formula is C18H21NO4S. The maximum Gasteiger partial charge on any atom is 0.348 e. The lowest BCUT2D eigenvalue weighted by atomic mass is 9.91. The molecule has 24 heavy (non-hydrogen) atoms.